The molecule has 5 heterocycles. The number of rotatable bonds is 6. The molecule has 0 bridgehead atoms. The Labute approximate surface area is 184 Å². The maximum Gasteiger partial charge on any atom is 0.281 e. The third kappa shape index (κ3) is 3.79. The summed E-state index contributed by atoms with van der Waals surface area (Å²) < 4.78 is 56.7. The van der Waals surface area contributed by atoms with Gasteiger partial charge in [-0.3, -0.25) is 4.90 Å². The van der Waals surface area contributed by atoms with Gasteiger partial charge in [0.15, 0.2) is 11.5 Å². The summed E-state index contributed by atoms with van der Waals surface area (Å²) in [4.78, 5) is 10.4. The van der Waals surface area contributed by atoms with E-state index in [9.17, 15) is 17.6 Å². The summed E-state index contributed by atoms with van der Waals surface area (Å²) in [5.41, 5.74) is 2.28. The Balaban J connectivity index is 1.54. The molecule has 0 saturated carbocycles. The van der Waals surface area contributed by atoms with Gasteiger partial charge in [-0.2, -0.15) is 4.98 Å². The Morgan fingerprint density at radius 3 is 2.73 bits per heavy atom. The number of halogens is 4. The van der Waals surface area contributed by atoms with E-state index < -0.39 is 24.9 Å². The van der Waals surface area contributed by atoms with E-state index in [4.69, 9.17) is 0 Å². The van der Waals surface area contributed by atoms with E-state index in [1.807, 2.05) is 0 Å². The van der Waals surface area contributed by atoms with Crippen LogP contribution in [0.5, 0.6) is 0 Å². The molecule has 1 atom stereocenters. The highest BCUT2D eigenvalue weighted by Crippen LogP contribution is 2.32. The highest BCUT2D eigenvalue weighted by atomic mass is 19.3. The largest absolute Gasteiger partial charge is 0.371 e. The second-order valence-electron chi connectivity index (χ2n) is 7.91. The average molecular weight is 464 g/mol. The van der Waals surface area contributed by atoms with Crippen molar-refractivity contribution < 1.29 is 17.6 Å². The van der Waals surface area contributed by atoms with Crippen LogP contribution in [0.25, 0.3) is 27.9 Å². The minimum absolute atomic E-state index is 0.0524. The molecule has 4 aromatic heterocycles. The molecule has 5 rings (SSSR count). The van der Waals surface area contributed by atoms with Gasteiger partial charge in [0.05, 0.1) is 12.2 Å². The SMILES string of the molecule is CNc1nc(N[C@@H]2CN(C)CC2(F)F)nn2ccc(-c3ccc4nnn(CC(F)F)c4n3)c12. The van der Waals surface area contributed by atoms with Crippen molar-refractivity contribution in [2.45, 2.75) is 24.9 Å². The van der Waals surface area contributed by atoms with Crippen LogP contribution in [0.15, 0.2) is 24.4 Å². The zero-order valence-electron chi connectivity index (χ0n) is 17.7. The quantitative estimate of drug-likeness (QED) is 0.419. The predicted molar refractivity (Wildman–Crippen MR) is 113 cm³/mol. The number of pyridine rings is 1. The van der Waals surface area contributed by atoms with E-state index >= 15 is 0 Å². The van der Waals surface area contributed by atoms with Crippen LogP contribution in [-0.2, 0) is 6.54 Å². The van der Waals surface area contributed by atoms with Gasteiger partial charge in [-0.25, -0.2) is 31.7 Å². The van der Waals surface area contributed by atoms with Crippen LogP contribution in [0, 0.1) is 0 Å². The van der Waals surface area contributed by atoms with Crippen molar-refractivity contribution in [3.63, 3.8) is 0 Å². The molecule has 2 N–H and O–H groups in total. The number of hydrogen-bond acceptors (Lipinski definition) is 8. The first-order valence-corrected chi connectivity index (χ1v) is 10.1. The number of aromatic nitrogens is 7. The van der Waals surface area contributed by atoms with Gasteiger partial charge in [-0.15, -0.1) is 10.2 Å². The molecular formula is C19H20F4N10. The van der Waals surface area contributed by atoms with Crippen LogP contribution in [-0.4, -0.2) is 85.1 Å². The molecule has 0 aliphatic carbocycles. The van der Waals surface area contributed by atoms with E-state index in [-0.39, 0.29) is 24.7 Å². The van der Waals surface area contributed by atoms with E-state index in [1.54, 1.807) is 43.4 Å². The third-order valence-corrected chi connectivity index (χ3v) is 5.48. The predicted octanol–water partition coefficient (Wildman–Crippen LogP) is 2.20. The molecule has 174 valence electrons. The molecule has 1 aliphatic rings. The number of likely N-dealkylation sites (N-methyl/N-ethyl adjacent to an activating group) is 1. The Hall–Kier alpha value is -3.55. The average Bonchev–Trinajstić information content (AvgIpc) is 3.42. The zero-order valence-corrected chi connectivity index (χ0v) is 17.7. The third-order valence-electron chi connectivity index (χ3n) is 5.48. The zero-order chi connectivity index (χ0) is 23.3. The lowest BCUT2D eigenvalue weighted by atomic mass is 10.2. The van der Waals surface area contributed by atoms with Gasteiger partial charge in [0.25, 0.3) is 12.3 Å². The maximum absolute atomic E-state index is 14.2. The topological polar surface area (TPSA) is 101 Å². The monoisotopic (exact) mass is 464 g/mol. The standard InChI is InChI=1S/C19H20F4N10/c1-24-16-15-10(11-3-4-12-17(25-11)33(30-28-12)8-14(20)21)5-6-32(15)29-18(27-16)26-13-7-31(2)9-19(13,22)23/h3-6,13-14H,7-9H2,1-2H3,(H2,24,26,27,29)/t13-/m1/s1. The van der Waals surface area contributed by atoms with Crippen molar-refractivity contribution >= 4 is 28.4 Å². The van der Waals surface area contributed by atoms with Crippen LogP contribution >= 0.6 is 0 Å². The van der Waals surface area contributed by atoms with Crippen molar-refractivity contribution in [1.29, 1.82) is 0 Å². The molecule has 1 fully saturated rings. The lowest BCUT2D eigenvalue weighted by Gasteiger charge is -2.19. The van der Waals surface area contributed by atoms with E-state index in [2.05, 4.69) is 36.0 Å². The number of nitrogens with one attached hydrogen (secondary N) is 2. The summed E-state index contributed by atoms with van der Waals surface area (Å²) in [5.74, 6) is -2.47. The first-order valence-electron chi connectivity index (χ1n) is 10.1. The number of fused-ring (bicyclic) bond motifs is 2. The molecule has 33 heavy (non-hydrogen) atoms. The fourth-order valence-corrected chi connectivity index (χ4v) is 4.01. The minimum atomic E-state index is -2.91. The van der Waals surface area contributed by atoms with Crippen molar-refractivity contribution in [3.8, 4) is 11.3 Å². The van der Waals surface area contributed by atoms with Crippen LogP contribution in [0.2, 0.25) is 0 Å². The summed E-state index contributed by atoms with van der Waals surface area (Å²) in [6.07, 6.45) is -0.948. The van der Waals surface area contributed by atoms with Gasteiger partial charge in [0.1, 0.15) is 23.6 Å². The number of hydrogen-bond donors (Lipinski definition) is 2. The Kier molecular flexibility index (Phi) is 5.03. The Morgan fingerprint density at radius 2 is 2.03 bits per heavy atom. The Bertz CT molecular complexity index is 1320. The summed E-state index contributed by atoms with van der Waals surface area (Å²) >= 11 is 0. The van der Waals surface area contributed by atoms with Gasteiger partial charge in [-0.05, 0) is 25.2 Å². The lowest BCUT2D eigenvalue weighted by Crippen LogP contribution is -2.38. The van der Waals surface area contributed by atoms with E-state index in [0.29, 0.717) is 28.1 Å². The van der Waals surface area contributed by atoms with Crippen molar-refractivity contribution in [2.75, 3.05) is 37.8 Å². The van der Waals surface area contributed by atoms with Gasteiger partial charge in [0.2, 0.25) is 5.95 Å². The van der Waals surface area contributed by atoms with E-state index in [0.717, 1.165) is 4.68 Å². The van der Waals surface area contributed by atoms with Crippen molar-refractivity contribution in [3.05, 3.63) is 24.4 Å². The summed E-state index contributed by atoms with van der Waals surface area (Å²) in [6.45, 7) is -0.806. The summed E-state index contributed by atoms with van der Waals surface area (Å²) in [5, 5.41) is 17.7. The van der Waals surface area contributed by atoms with Crippen molar-refractivity contribution in [1.82, 2.24) is 39.5 Å². The number of anilines is 2. The van der Waals surface area contributed by atoms with Gasteiger partial charge >= 0.3 is 0 Å². The highest BCUT2D eigenvalue weighted by molar-refractivity contribution is 5.89. The first kappa shape index (κ1) is 21.3. The molecule has 10 nitrogen and oxygen atoms in total. The van der Waals surface area contributed by atoms with Crippen LogP contribution < -0.4 is 10.6 Å². The molecule has 0 radical (unpaired) electrons. The highest BCUT2D eigenvalue weighted by Gasteiger charge is 2.47. The lowest BCUT2D eigenvalue weighted by molar-refractivity contribution is 0.00584. The maximum atomic E-state index is 14.2. The molecule has 1 aliphatic heterocycles. The normalized spacial score (nSPS) is 18.6. The van der Waals surface area contributed by atoms with Gasteiger partial charge in [-0.1, -0.05) is 5.21 Å². The molecule has 1 saturated heterocycles. The van der Waals surface area contributed by atoms with Crippen LogP contribution in [0.3, 0.4) is 0 Å². The second-order valence-corrected chi connectivity index (χ2v) is 7.91. The second kappa shape index (κ2) is 7.79. The van der Waals surface area contributed by atoms with Crippen LogP contribution in [0.4, 0.5) is 29.3 Å². The fourth-order valence-electron chi connectivity index (χ4n) is 4.01. The summed E-state index contributed by atoms with van der Waals surface area (Å²) in [6, 6.07) is 3.96. The van der Waals surface area contributed by atoms with Gasteiger partial charge < -0.3 is 10.6 Å². The number of nitrogens with zero attached hydrogens (tertiary/aromatic N) is 8. The molecule has 0 unspecified atom stereocenters. The molecule has 4 aromatic rings. The molecule has 14 heteroatoms. The molecule has 0 amide bonds. The smallest absolute Gasteiger partial charge is 0.281 e. The molecular weight excluding hydrogens is 444 g/mol. The molecule has 0 spiro atoms. The number of likely N-dealkylation sites (tertiary alicyclic amines) is 1. The molecule has 0 aromatic carbocycles. The number of alkyl halides is 4. The van der Waals surface area contributed by atoms with E-state index in [1.165, 1.54) is 4.52 Å². The Morgan fingerprint density at radius 1 is 1.21 bits per heavy atom. The van der Waals surface area contributed by atoms with Crippen LogP contribution in [0.1, 0.15) is 0 Å². The summed E-state index contributed by atoms with van der Waals surface area (Å²) in [7, 11) is 3.28. The minimum Gasteiger partial charge on any atom is -0.371 e. The van der Waals surface area contributed by atoms with Crippen molar-refractivity contribution in [2.24, 2.45) is 0 Å². The van der Waals surface area contributed by atoms with Gasteiger partial charge in [0, 0.05) is 25.4 Å². The fraction of sp³-hybridized carbons (Fsp3) is 0.421. The first-order chi connectivity index (χ1) is 15.7.